The fourth-order valence-electron chi connectivity index (χ4n) is 2.61. The first-order valence-electron chi connectivity index (χ1n) is 7.43. The van der Waals surface area contributed by atoms with Gasteiger partial charge in [0.15, 0.2) is 5.65 Å². The van der Waals surface area contributed by atoms with E-state index in [4.69, 9.17) is 21.1 Å². The van der Waals surface area contributed by atoms with Crippen LogP contribution >= 0.6 is 11.6 Å². The summed E-state index contributed by atoms with van der Waals surface area (Å²) in [6, 6.07) is 15.2. The maximum absolute atomic E-state index is 6.34. The molecule has 0 spiro atoms. The normalized spacial score (nSPS) is 11.1. The fourth-order valence-corrected chi connectivity index (χ4v) is 2.77. The molecule has 0 radical (unpaired) electrons. The molecule has 5 nitrogen and oxygen atoms in total. The van der Waals surface area contributed by atoms with Crippen LogP contribution in [0.3, 0.4) is 0 Å². The highest BCUT2D eigenvalue weighted by Gasteiger charge is 2.15. The van der Waals surface area contributed by atoms with Gasteiger partial charge in [-0.3, -0.25) is 0 Å². The van der Waals surface area contributed by atoms with Gasteiger partial charge in [-0.1, -0.05) is 29.8 Å². The van der Waals surface area contributed by atoms with E-state index in [-0.39, 0.29) is 0 Å². The predicted octanol–water partition coefficient (Wildman–Crippen LogP) is 4.65. The molecule has 2 aromatic carbocycles. The number of methoxy groups -OCH3 is 1. The zero-order valence-electron chi connectivity index (χ0n) is 13.2. The van der Waals surface area contributed by atoms with E-state index in [1.807, 2.05) is 55.5 Å². The van der Waals surface area contributed by atoms with Crippen molar-refractivity contribution in [1.29, 1.82) is 0 Å². The topological polar surface area (TPSA) is 48.7 Å². The largest absolute Gasteiger partial charge is 0.497 e. The van der Waals surface area contributed by atoms with Gasteiger partial charge in [-0.2, -0.15) is 10.1 Å². The Bertz CT molecular complexity index is 1060. The van der Waals surface area contributed by atoms with Gasteiger partial charge in [-0.05, 0) is 31.2 Å². The average molecular weight is 340 g/mol. The molecule has 0 aliphatic heterocycles. The molecule has 6 heteroatoms. The number of aromatic nitrogens is 3. The standard InChI is InChI=1S/C18H14ClN3O2/c1-11-16(19)17-20-18(24-13-7-5-6-12(10-13)23-2)14-8-3-4-9-15(14)22(17)21-11/h3-10H,1-2H3. The van der Waals surface area contributed by atoms with Crippen molar-refractivity contribution >= 4 is 28.2 Å². The maximum Gasteiger partial charge on any atom is 0.230 e. The molecule has 0 aliphatic carbocycles. The van der Waals surface area contributed by atoms with Crippen molar-refractivity contribution in [2.75, 3.05) is 7.11 Å². The van der Waals surface area contributed by atoms with Crippen LogP contribution < -0.4 is 9.47 Å². The summed E-state index contributed by atoms with van der Waals surface area (Å²) in [4.78, 5) is 4.58. The number of benzene rings is 2. The molecule has 0 atom stereocenters. The number of hydrogen-bond donors (Lipinski definition) is 0. The number of ether oxygens (including phenoxy) is 2. The van der Waals surface area contributed by atoms with Crippen LogP contribution in [0.25, 0.3) is 16.6 Å². The van der Waals surface area contributed by atoms with Gasteiger partial charge in [0.25, 0.3) is 0 Å². The van der Waals surface area contributed by atoms with E-state index < -0.39 is 0 Å². The highest BCUT2D eigenvalue weighted by atomic mass is 35.5. The predicted molar refractivity (Wildman–Crippen MR) is 93.3 cm³/mol. The Morgan fingerprint density at radius 1 is 1.04 bits per heavy atom. The van der Waals surface area contributed by atoms with Gasteiger partial charge in [-0.15, -0.1) is 0 Å². The lowest BCUT2D eigenvalue weighted by Crippen LogP contribution is -1.97. The van der Waals surface area contributed by atoms with Crippen molar-refractivity contribution in [3.8, 4) is 17.4 Å². The van der Waals surface area contributed by atoms with E-state index >= 15 is 0 Å². The van der Waals surface area contributed by atoms with E-state index in [2.05, 4.69) is 10.1 Å². The molecule has 0 saturated heterocycles. The first-order valence-corrected chi connectivity index (χ1v) is 7.80. The molecule has 4 rings (SSSR count). The van der Waals surface area contributed by atoms with Gasteiger partial charge in [0.1, 0.15) is 16.5 Å². The van der Waals surface area contributed by atoms with Crippen molar-refractivity contribution in [2.45, 2.75) is 6.92 Å². The molecule has 24 heavy (non-hydrogen) atoms. The Hall–Kier alpha value is -2.79. The third-order valence-electron chi connectivity index (χ3n) is 3.79. The number of halogens is 1. The van der Waals surface area contributed by atoms with Crippen LogP contribution in [0.1, 0.15) is 5.69 Å². The van der Waals surface area contributed by atoms with Gasteiger partial charge >= 0.3 is 0 Å². The van der Waals surface area contributed by atoms with E-state index in [9.17, 15) is 0 Å². The minimum absolute atomic E-state index is 0.480. The molecule has 0 aliphatic rings. The van der Waals surface area contributed by atoms with Gasteiger partial charge in [0.05, 0.1) is 23.7 Å². The molecule has 0 saturated carbocycles. The summed E-state index contributed by atoms with van der Waals surface area (Å²) in [5.74, 6) is 1.84. The van der Waals surface area contributed by atoms with Crippen molar-refractivity contribution in [1.82, 2.24) is 14.6 Å². The van der Waals surface area contributed by atoms with Gasteiger partial charge in [0, 0.05) is 6.07 Å². The summed E-state index contributed by atoms with van der Waals surface area (Å²) in [5.41, 5.74) is 2.19. The zero-order chi connectivity index (χ0) is 16.7. The second-order valence-corrected chi connectivity index (χ2v) is 5.73. The zero-order valence-corrected chi connectivity index (χ0v) is 13.9. The van der Waals surface area contributed by atoms with E-state index in [0.29, 0.717) is 22.3 Å². The molecule has 4 aromatic rings. The van der Waals surface area contributed by atoms with E-state index in [1.54, 1.807) is 11.6 Å². The second-order valence-electron chi connectivity index (χ2n) is 5.35. The number of para-hydroxylation sites is 1. The first-order chi connectivity index (χ1) is 11.7. The third-order valence-corrected chi connectivity index (χ3v) is 4.23. The number of nitrogens with zero attached hydrogens (tertiary/aromatic N) is 3. The lowest BCUT2D eigenvalue weighted by Gasteiger charge is -2.10. The molecule has 2 heterocycles. The van der Waals surface area contributed by atoms with Crippen LogP contribution in [0.5, 0.6) is 17.4 Å². The van der Waals surface area contributed by atoms with Crippen LogP contribution in [0.15, 0.2) is 48.5 Å². The Morgan fingerprint density at radius 3 is 2.67 bits per heavy atom. The average Bonchev–Trinajstić information content (AvgIpc) is 2.90. The van der Waals surface area contributed by atoms with Crippen LogP contribution in [-0.2, 0) is 0 Å². The summed E-state index contributed by atoms with van der Waals surface area (Å²) in [5, 5.41) is 5.84. The first kappa shape index (κ1) is 14.8. The number of rotatable bonds is 3. The van der Waals surface area contributed by atoms with E-state index in [1.165, 1.54) is 0 Å². The SMILES string of the molecule is COc1cccc(Oc2nc3c(Cl)c(C)nn3c3ccccc23)c1. The fraction of sp³-hybridized carbons (Fsp3) is 0.111. The highest BCUT2D eigenvalue weighted by molar-refractivity contribution is 6.34. The summed E-state index contributed by atoms with van der Waals surface area (Å²) in [7, 11) is 1.62. The summed E-state index contributed by atoms with van der Waals surface area (Å²) in [6.45, 7) is 1.86. The molecule has 0 bridgehead atoms. The summed E-state index contributed by atoms with van der Waals surface area (Å²) >= 11 is 6.34. The lowest BCUT2D eigenvalue weighted by molar-refractivity contribution is 0.408. The number of aryl methyl sites for hydroxylation is 1. The van der Waals surface area contributed by atoms with Crippen molar-refractivity contribution in [3.63, 3.8) is 0 Å². The smallest absolute Gasteiger partial charge is 0.230 e. The Balaban J connectivity index is 1.94. The summed E-state index contributed by atoms with van der Waals surface area (Å²) < 4.78 is 13.0. The molecule has 120 valence electrons. The van der Waals surface area contributed by atoms with Crippen molar-refractivity contribution in [2.24, 2.45) is 0 Å². The molecule has 2 aromatic heterocycles. The van der Waals surface area contributed by atoms with Gasteiger partial charge in [0.2, 0.25) is 5.88 Å². The highest BCUT2D eigenvalue weighted by Crippen LogP contribution is 2.32. The van der Waals surface area contributed by atoms with Crippen LogP contribution in [-0.4, -0.2) is 21.7 Å². The Labute approximate surface area is 143 Å². The molecule has 0 amide bonds. The Kier molecular flexibility index (Phi) is 3.50. The monoisotopic (exact) mass is 339 g/mol. The van der Waals surface area contributed by atoms with Crippen molar-refractivity contribution in [3.05, 3.63) is 59.2 Å². The Morgan fingerprint density at radius 2 is 1.83 bits per heavy atom. The quantitative estimate of drug-likeness (QED) is 0.545. The number of hydrogen-bond acceptors (Lipinski definition) is 4. The molecule has 0 fully saturated rings. The van der Waals surface area contributed by atoms with Crippen LogP contribution in [0.4, 0.5) is 0 Å². The molecular weight excluding hydrogens is 326 g/mol. The second kappa shape index (κ2) is 5.69. The minimum atomic E-state index is 0.480. The van der Waals surface area contributed by atoms with Crippen LogP contribution in [0.2, 0.25) is 5.02 Å². The van der Waals surface area contributed by atoms with Gasteiger partial charge in [-0.25, -0.2) is 4.52 Å². The molecule has 0 N–H and O–H groups in total. The summed E-state index contributed by atoms with van der Waals surface area (Å²) in [6.07, 6.45) is 0. The molecular formula is C18H14ClN3O2. The maximum atomic E-state index is 6.34. The third kappa shape index (κ3) is 2.34. The van der Waals surface area contributed by atoms with Crippen LogP contribution in [0, 0.1) is 6.92 Å². The van der Waals surface area contributed by atoms with Crippen molar-refractivity contribution < 1.29 is 9.47 Å². The lowest BCUT2D eigenvalue weighted by atomic mass is 10.2. The molecule has 0 unspecified atom stereocenters. The minimum Gasteiger partial charge on any atom is -0.497 e. The van der Waals surface area contributed by atoms with E-state index in [0.717, 1.165) is 22.3 Å². The van der Waals surface area contributed by atoms with Gasteiger partial charge < -0.3 is 9.47 Å². The number of fused-ring (bicyclic) bond motifs is 3.